The van der Waals surface area contributed by atoms with E-state index in [-0.39, 0.29) is 25.5 Å². The molecular weight excluding hydrogens is 507 g/mol. The van der Waals surface area contributed by atoms with Crippen LogP contribution in [0.25, 0.3) is 0 Å². The monoisotopic (exact) mass is 515 g/mol. The van der Waals surface area contributed by atoms with Crippen molar-refractivity contribution in [2.24, 2.45) is 0 Å². The van der Waals surface area contributed by atoms with Crippen LogP contribution in [-0.4, -0.2) is 16.0 Å². The predicted octanol–water partition coefficient (Wildman–Crippen LogP) is 2.36. The molecule has 0 saturated carbocycles. The van der Waals surface area contributed by atoms with Crippen LogP contribution in [-0.2, 0) is 0 Å². The molecule has 0 unspecified atom stereocenters. The minimum absolute atomic E-state index is 0.190. The molecule has 0 heterocycles. The fourth-order valence-corrected chi connectivity index (χ4v) is 0. The van der Waals surface area contributed by atoms with Crippen molar-refractivity contribution in [1.29, 1.82) is 0 Å². The summed E-state index contributed by atoms with van der Waals surface area (Å²) in [7, 11) is 0. The molecule has 0 rings (SSSR count). The van der Waals surface area contributed by atoms with Gasteiger partial charge in [0.1, 0.15) is 0 Å². The van der Waals surface area contributed by atoms with Gasteiger partial charge in [0.05, 0.1) is 0 Å². The van der Waals surface area contributed by atoms with E-state index in [4.69, 9.17) is 0 Å². The zero-order chi connectivity index (χ0) is 5.41. The molecule has 0 N–H and O–H groups in total. The van der Waals surface area contributed by atoms with Crippen LogP contribution in [0.1, 0.15) is 6.92 Å². The Labute approximate surface area is 79.6 Å². The Kier molecular flexibility index (Phi) is 31.6. The molecule has 0 spiro atoms. The van der Waals surface area contributed by atoms with Crippen LogP contribution in [0.15, 0.2) is 0 Å². The van der Waals surface area contributed by atoms with E-state index >= 15 is 0 Å². The van der Waals surface area contributed by atoms with Crippen molar-refractivity contribution in [3.05, 3.63) is 0 Å². The van der Waals surface area contributed by atoms with Crippen LogP contribution in [0, 0.1) is 25.5 Å². The number of hydrogen-bond donors (Lipinski definition) is 0. The molecule has 0 bridgehead atoms. The van der Waals surface area contributed by atoms with Crippen LogP contribution in [0.4, 0.5) is 0 Å². The topological polar surface area (TPSA) is 0 Å². The van der Waals surface area contributed by atoms with Crippen molar-refractivity contribution in [3.63, 3.8) is 0 Å². The summed E-state index contributed by atoms with van der Waals surface area (Å²) in [5.41, 5.74) is 0. The molecule has 0 aromatic heterocycles. The first-order valence-electron chi connectivity index (χ1n) is 1.30. The van der Waals surface area contributed by atoms with E-state index in [1.54, 1.807) is 0 Å². The Bertz CT molecular complexity index is 13.5. The van der Waals surface area contributed by atoms with Crippen molar-refractivity contribution in [2.75, 3.05) is 0 Å². The molecule has 0 saturated heterocycles. The third kappa shape index (κ3) is 26.5. The van der Waals surface area contributed by atoms with Gasteiger partial charge >= 0.3 is 82.3 Å². The summed E-state index contributed by atoms with van der Waals surface area (Å²) in [5.74, 6) is 0. The van der Waals surface area contributed by atoms with Gasteiger partial charge in [-0.15, -0.1) is 0 Å². The second-order valence-corrected chi connectivity index (χ2v) is 21.0. The molecule has 1 radical (unpaired) electrons. The summed E-state index contributed by atoms with van der Waals surface area (Å²) in [6.45, 7) is 2.07. The quantitative estimate of drug-likeness (QED) is 0.346. The Morgan fingerprint density at radius 2 is 1.67 bits per heavy atom. The van der Waals surface area contributed by atoms with Gasteiger partial charge in [-0.3, -0.25) is 0 Å². The van der Waals surface area contributed by atoms with Gasteiger partial charge in [-0.2, -0.15) is 0 Å². The Morgan fingerprint density at radius 1 is 1.67 bits per heavy atom. The Morgan fingerprint density at radius 3 is 1.67 bits per heavy atom. The Balaban J connectivity index is 0. The summed E-state index contributed by atoms with van der Waals surface area (Å²) >= 11 is 7.88. The van der Waals surface area contributed by atoms with Gasteiger partial charge in [0.25, 0.3) is 0 Å². The first-order valence-corrected chi connectivity index (χ1v) is 17.6. The van der Waals surface area contributed by atoms with E-state index in [1.165, 1.54) is 0 Å². The first kappa shape index (κ1) is 12.0. The van der Waals surface area contributed by atoms with E-state index < -0.39 is 0 Å². The van der Waals surface area contributed by atoms with E-state index in [9.17, 15) is 0 Å². The van der Waals surface area contributed by atoms with Crippen LogP contribution in [0.2, 0.25) is 5.32 Å². The van der Waals surface area contributed by atoms with Gasteiger partial charge in [0.15, 0.2) is 0 Å². The van der Waals surface area contributed by atoms with Gasteiger partial charge < -0.3 is 0 Å². The molecule has 4 heteroatoms. The molecule has 0 aliphatic rings. The third-order valence-corrected chi connectivity index (χ3v) is 0. The molecule has 0 aromatic carbocycles. The number of hydrogen-bond acceptors (Lipinski definition) is 0. The van der Waals surface area contributed by atoms with Gasteiger partial charge in [-0.25, -0.2) is 0 Å². The summed E-state index contributed by atoms with van der Waals surface area (Å²) in [6.07, 6.45) is 0. The average molecular weight is 512 g/mol. The second kappa shape index (κ2) is 15.8. The Hall–Kier alpha value is 3.32. The number of rotatable bonds is 0. The summed E-state index contributed by atoms with van der Waals surface area (Å²) in [5, 5.41) is 1.12. The average Bonchev–Trinajstić information content (AvgIpc) is 1.39. The zero-order valence-electron chi connectivity index (χ0n) is 3.28. The third-order valence-electron chi connectivity index (χ3n) is 0. The van der Waals surface area contributed by atoms with Crippen molar-refractivity contribution in [3.8, 4) is 0 Å². The maximum absolute atomic E-state index is 2.81. The van der Waals surface area contributed by atoms with Crippen LogP contribution in [0.3, 0.4) is 0 Å². The standard InChI is InChI=1S/C2H5Se.2HI.Sm/c1-2-3;;;/h2H2,1H3;2*1H;/q;;;+2/p-2. The fraction of sp³-hybridized carbons (Fsp3) is 1.00. The number of halogens is 2. The fourth-order valence-electron chi connectivity index (χ4n) is 0. The minimum atomic E-state index is 0.190. The van der Waals surface area contributed by atoms with Crippen LogP contribution >= 0.6 is 28.6 Å². The molecular formula is C2H5I2SeSm. The van der Waals surface area contributed by atoms with Crippen molar-refractivity contribution in [1.82, 2.24) is 0 Å². The molecule has 0 fully saturated rings. The molecule has 0 aliphatic carbocycles. The van der Waals surface area contributed by atoms with Gasteiger partial charge in [-0.05, 0) is 0 Å². The molecule has 0 atom stereocenters. The van der Waals surface area contributed by atoms with Crippen molar-refractivity contribution < 1.29 is 25.5 Å². The van der Waals surface area contributed by atoms with Gasteiger partial charge in [-0.1, -0.05) is 0 Å². The van der Waals surface area contributed by atoms with Crippen LogP contribution < -0.4 is 0 Å². The molecule has 6 heavy (non-hydrogen) atoms. The summed E-state index contributed by atoms with van der Waals surface area (Å²) in [4.78, 5) is 0. The molecule has 0 aliphatic heterocycles. The molecule has 0 amide bonds. The molecule has 0 nitrogen and oxygen atoms in total. The van der Waals surface area contributed by atoms with Gasteiger partial charge in [0.2, 0.25) is 0 Å². The zero-order valence-corrected chi connectivity index (χ0v) is 11.9. The molecule has 39 valence electrons. The van der Waals surface area contributed by atoms with E-state index in [0.717, 1.165) is 5.32 Å². The second-order valence-electron chi connectivity index (χ2n) is 0.347. The predicted molar refractivity (Wildman–Crippen MR) is 44.3 cm³/mol. The summed E-state index contributed by atoms with van der Waals surface area (Å²) < 4.78 is 0. The SMILES string of the molecule is CC[Se].[I][Sm][I]. The van der Waals surface area contributed by atoms with Gasteiger partial charge in [0, 0.05) is 0 Å². The normalized spacial score (nSPS) is 6.00. The van der Waals surface area contributed by atoms with Crippen LogP contribution in [0.5, 0.6) is 0 Å². The molecule has 0 aromatic rings. The van der Waals surface area contributed by atoms with Crippen molar-refractivity contribution in [2.45, 2.75) is 12.2 Å². The van der Waals surface area contributed by atoms with E-state index in [0.29, 0.717) is 0 Å². The van der Waals surface area contributed by atoms with E-state index in [2.05, 4.69) is 51.5 Å². The maximum atomic E-state index is 2.81. The summed E-state index contributed by atoms with van der Waals surface area (Å²) in [6, 6.07) is 0. The first-order chi connectivity index (χ1) is 2.83. The van der Waals surface area contributed by atoms with E-state index in [1.807, 2.05) is 0 Å². The van der Waals surface area contributed by atoms with Crippen molar-refractivity contribution >= 4 is 44.6 Å².